The zero-order chi connectivity index (χ0) is 20.4. The van der Waals surface area contributed by atoms with Gasteiger partial charge in [0.05, 0.1) is 16.2 Å². The maximum atomic E-state index is 12.2. The number of benzene rings is 1. The highest BCUT2D eigenvalue weighted by atomic mass is 32.2. The summed E-state index contributed by atoms with van der Waals surface area (Å²) in [5.41, 5.74) is 3.01. The minimum atomic E-state index is -3.07. The molecule has 0 aliphatic carbocycles. The van der Waals surface area contributed by atoms with Crippen molar-refractivity contribution >= 4 is 15.8 Å². The molecule has 1 aromatic heterocycles. The van der Waals surface area contributed by atoms with Crippen molar-refractivity contribution in [1.29, 1.82) is 0 Å². The summed E-state index contributed by atoms with van der Waals surface area (Å²) in [5.74, 6) is 1.47. The van der Waals surface area contributed by atoms with Gasteiger partial charge in [-0.05, 0) is 32.9 Å². The van der Waals surface area contributed by atoms with Crippen LogP contribution in [-0.4, -0.2) is 61.4 Å². The van der Waals surface area contributed by atoms with Gasteiger partial charge in [0, 0.05) is 38.7 Å². The molecule has 1 aliphatic heterocycles. The Morgan fingerprint density at radius 2 is 2.04 bits per heavy atom. The summed E-state index contributed by atoms with van der Waals surface area (Å²) >= 11 is 0. The van der Waals surface area contributed by atoms with E-state index >= 15 is 0 Å². The van der Waals surface area contributed by atoms with Crippen LogP contribution in [0.3, 0.4) is 0 Å². The Balaban J connectivity index is 1.56. The second-order valence-electron chi connectivity index (χ2n) is 7.73. The number of rotatable bonds is 4. The van der Waals surface area contributed by atoms with Crippen molar-refractivity contribution in [3.63, 3.8) is 0 Å². The van der Waals surface area contributed by atoms with Crippen molar-refractivity contribution in [2.24, 2.45) is 4.99 Å². The fourth-order valence-electron chi connectivity index (χ4n) is 3.21. The summed E-state index contributed by atoms with van der Waals surface area (Å²) in [6.45, 7) is 7.09. The number of nitrogens with one attached hydrogen (secondary N) is 1. The predicted octanol–water partition coefficient (Wildman–Crippen LogP) is 2.28. The molecular weight excluding hydrogens is 376 g/mol. The summed E-state index contributed by atoms with van der Waals surface area (Å²) < 4.78 is 29.2. The van der Waals surface area contributed by atoms with Gasteiger partial charge in [-0.15, -0.1) is 0 Å². The van der Waals surface area contributed by atoms with Gasteiger partial charge in [0.25, 0.3) is 0 Å². The van der Waals surface area contributed by atoms with Gasteiger partial charge >= 0.3 is 0 Å². The first-order valence-electron chi connectivity index (χ1n) is 9.41. The highest BCUT2D eigenvalue weighted by Crippen LogP contribution is 2.23. The van der Waals surface area contributed by atoms with E-state index in [2.05, 4.69) is 15.3 Å². The second-order valence-corrected chi connectivity index (χ2v) is 10.5. The van der Waals surface area contributed by atoms with Crippen LogP contribution >= 0.6 is 0 Å². The fraction of sp³-hybridized carbons (Fsp3) is 0.500. The lowest BCUT2D eigenvalue weighted by molar-refractivity contribution is 0.353. The summed E-state index contributed by atoms with van der Waals surface area (Å²) in [6, 6.07) is 8.06. The normalized spacial score (nSPS) is 18.9. The van der Waals surface area contributed by atoms with Gasteiger partial charge in [0.2, 0.25) is 5.89 Å². The number of sulfone groups is 1. The third kappa shape index (κ3) is 4.38. The van der Waals surface area contributed by atoms with Crippen LogP contribution < -0.4 is 5.32 Å². The van der Waals surface area contributed by atoms with E-state index in [-0.39, 0.29) is 5.75 Å². The van der Waals surface area contributed by atoms with Gasteiger partial charge in [0.15, 0.2) is 15.8 Å². The highest BCUT2D eigenvalue weighted by Gasteiger charge is 2.40. The molecule has 0 atom stereocenters. The van der Waals surface area contributed by atoms with Gasteiger partial charge in [-0.1, -0.05) is 17.7 Å². The molecule has 2 heterocycles. The molecule has 0 bridgehead atoms. The Hall–Kier alpha value is -2.35. The molecule has 1 saturated heterocycles. The van der Waals surface area contributed by atoms with Crippen LogP contribution in [0.2, 0.25) is 0 Å². The number of aromatic nitrogens is 1. The Morgan fingerprint density at radius 1 is 1.32 bits per heavy atom. The monoisotopic (exact) mass is 404 g/mol. The third-order valence-corrected chi connectivity index (χ3v) is 7.60. The lowest BCUT2D eigenvalue weighted by Gasteiger charge is -2.39. The van der Waals surface area contributed by atoms with E-state index in [1.165, 1.54) is 5.56 Å². The van der Waals surface area contributed by atoms with Gasteiger partial charge < -0.3 is 14.6 Å². The van der Waals surface area contributed by atoms with E-state index in [1.54, 1.807) is 27.2 Å². The lowest BCUT2D eigenvalue weighted by atomic mass is 10.1. The molecule has 0 spiro atoms. The molecular formula is C20H28N4O3S. The van der Waals surface area contributed by atoms with Crippen molar-refractivity contribution in [2.45, 2.75) is 31.9 Å². The van der Waals surface area contributed by atoms with Crippen molar-refractivity contribution < 1.29 is 12.8 Å². The van der Waals surface area contributed by atoms with Crippen LogP contribution in [-0.2, 0) is 16.3 Å². The van der Waals surface area contributed by atoms with E-state index in [0.717, 1.165) is 11.3 Å². The highest BCUT2D eigenvalue weighted by molar-refractivity contribution is 7.92. The molecule has 0 amide bonds. The van der Waals surface area contributed by atoms with E-state index in [9.17, 15) is 8.42 Å². The summed E-state index contributed by atoms with van der Waals surface area (Å²) in [5, 5.41) is 3.31. The number of guanidine groups is 1. The van der Waals surface area contributed by atoms with Crippen molar-refractivity contribution in [3.8, 4) is 11.5 Å². The Morgan fingerprint density at radius 3 is 2.68 bits per heavy atom. The van der Waals surface area contributed by atoms with Gasteiger partial charge in [-0.25, -0.2) is 13.4 Å². The van der Waals surface area contributed by atoms with Crippen molar-refractivity contribution in [1.82, 2.24) is 15.2 Å². The van der Waals surface area contributed by atoms with Crippen LogP contribution in [0.25, 0.3) is 11.5 Å². The minimum Gasteiger partial charge on any atom is -0.444 e. The first kappa shape index (κ1) is 20.4. The molecule has 2 aromatic rings. The van der Waals surface area contributed by atoms with Gasteiger partial charge in [0.1, 0.15) is 6.26 Å². The zero-order valence-corrected chi connectivity index (χ0v) is 17.7. The van der Waals surface area contributed by atoms with Gasteiger partial charge in [-0.2, -0.15) is 0 Å². The Labute approximate surface area is 166 Å². The van der Waals surface area contributed by atoms with Crippen molar-refractivity contribution in [3.05, 3.63) is 41.8 Å². The standard InChI is InChI=1S/C20H28N4O3S/c1-15-5-7-16(8-6-15)18-23-17(13-27-18)9-10-22-19(21-4)24-11-12-28(25,26)20(2,3)14-24/h5-8,13H,9-12,14H2,1-4H3,(H,21,22). The number of aryl methyl sites for hydroxylation is 1. The quantitative estimate of drug-likeness (QED) is 0.621. The van der Waals surface area contributed by atoms with Crippen LogP contribution in [0.1, 0.15) is 25.1 Å². The molecule has 1 fully saturated rings. The molecule has 8 heteroatoms. The maximum absolute atomic E-state index is 12.2. The molecule has 3 rings (SSSR count). The number of hydrogen-bond acceptors (Lipinski definition) is 5. The molecule has 1 N–H and O–H groups in total. The van der Waals surface area contributed by atoms with Gasteiger partial charge in [-0.3, -0.25) is 4.99 Å². The number of nitrogens with zero attached hydrogens (tertiary/aromatic N) is 3. The van der Waals surface area contributed by atoms with E-state index in [0.29, 0.717) is 37.9 Å². The molecule has 1 aromatic carbocycles. The van der Waals surface area contributed by atoms with Crippen LogP contribution in [0.4, 0.5) is 0 Å². The Kier molecular flexibility index (Phi) is 5.79. The summed E-state index contributed by atoms with van der Waals surface area (Å²) in [4.78, 5) is 10.9. The second kappa shape index (κ2) is 7.95. The number of hydrogen-bond donors (Lipinski definition) is 1. The van der Waals surface area contributed by atoms with Crippen LogP contribution in [0.5, 0.6) is 0 Å². The first-order valence-corrected chi connectivity index (χ1v) is 11.1. The Bertz CT molecular complexity index is 946. The largest absolute Gasteiger partial charge is 0.444 e. The molecule has 1 aliphatic rings. The van der Waals surface area contributed by atoms with E-state index < -0.39 is 14.6 Å². The fourth-order valence-corrected chi connectivity index (χ4v) is 4.58. The molecule has 7 nitrogen and oxygen atoms in total. The molecule has 0 unspecified atom stereocenters. The molecule has 0 saturated carbocycles. The van der Waals surface area contributed by atoms with Crippen LogP contribution in [0.15, 0.2) is 39.9 Å². The molecule has 0 radical (unpaired) electrons. The molecule has 28 heavy (non-hydrogen) atoms. The third-order valence-electron chi connectivity index (χ3n) is 5.07. The lowest BCUT2D eigenvalue weighted by Crippen LogP contribution is -2.57. The maximum Gasteiger partial charge on any atom is 0.226 e. The van der Waals surface area contributed by atoms with Crippen LogP contribution in [0, 0.1) is 6.92 Å². The average molecular weight is 405 g/mol. The topological polar surface area (TPSA) is 87.8 Å². The number of oxazole rings is 1. The average Bonchev–Trinajstić information content (AvgIpc) is 3.11. The smallest absolute Gasteiger partial charge is 0.226 e. The predicted molar refractivity (Wildman–Crippen MR) is 111 cm³/mol. The van der Waals surface area contributed by atoms with E-state index in [1.807, 2.05) is 36.1 Å². The minimum absolute atomic E-state index is 0.143. The first-order chi connectivity index (χ1) is 13.2. The van der Waals surface area contributed by atoms with E-state index in [4.69, 9.17) is 4.42 Å². The zero-order valence-electron chi connectivity index (χ0n) is 16.9. The van der Waals surface area contributed by atoms with Crippen molar-refractivity contribution in [2.75, 3.05) is 32.4 Å². The number of aliphatic imine (C=N–C) groups is 1. The molecule has 152 valence electrons. The summed E-state index contributed by atoms with van der Waals surface area (Å²) in [7, 11) is -1.36. The SMILES string of the molecule is CN=C(NCCc1coc(-c2ccc(C)cc2)n1)N1CCS(=O)(=O)C(C)(C)C1. The summed E-state index contributed by atoms with van der Waals surface area (Å²) in [6.07, 6.45) is 2.36.